The highest BCUT2D eigenvalue weighted by atomic mass is 16.5. The molecule has 134 valence electrons. The Labute approximate surface area is 149 Å². The molecule has 2 heterocycles. The number of para-hydroxylation sites is 2. The lowest BCUT2D eigenvalue weighted by Gasteiger charge is -2.37. The van der Waals surface area contributed by atoms with Gasteiger partial charge in [0.25, 0.3) is 0 Å². The zero-order chi connectivity index (χ0) is 17.8. The molecule has 0 saturated heterocycles. The number of nitrogens with one attached hydrogen (secondary N) is 1. The van der Waals surface area contributed by atoms with Gasteiger partial charge in [0.2, 0.25) is 0 Å². The van der Waals surface area contributed by atoms with Crippen LogP contribution in [0, 0.1) is 6.92 Å². The van der Waals surface area contributed by atoms with Crippen molar-refractivity contribution in [2.45, 2.75) is 46.2 Å². The Bertz CT molecular complexity index is 738. The smallest absolute Gasteiger partial charge is 0.322 e. The second-order valence-corrected chi connectivity index (χ2v) is 6.41. The van der Waals surface area contributed by atoms with Crippen LogP contribution in [0.3, 0.4) is 0 Å². The van der Waals surface area contributed by atoms with Crippen LogP contribution in [0.1, 0.15) is 44.1 Å². The lowest BCUT2D eigenvalue weighted by atomic mass is 10.0. The average molecular weight is 341 g/mol. The SMILES string of the molecule is CCC[C@@H]1c2ccc(C)n2CCN1C(=O)Nc1ccccc1OCC. The molecular weight excluding hydrogens is 314 g/mol. The van der Waals surface area contributed by atoms with E-state index >= 15 is 0 Å². The van der Waals surface area contributed by atoms with E-state index in [4.69, 9.17) is 4.74 Å². The van der Waals surface area contributed by atoms with Gasteiger partial charge >= 0.3 is 6.03 Å². The molecule has 1 atom stereocenters. The van der Waals surface area contributed by atoms with Crippen molar-refractivity contribution in [3.8, 4) is 5.75 Å². The van der Waals surface area contributed by atoms with Gasteiger partial charge in [-0.05, 0) is 44.5 Å². The summed E-state index contributed by atoms with van der Waals surface area (Å²) >= 11 is 0. The Morgan fingerprint density at radius 3 is 2.76 bits per heavy atom. The van der Waals surface area contributed by atoms with Gasteiger partial charge in [-0.15, -0.1) is 0 Å². The van der Waals surface area contributed by atoms with E-state index in [1.54, 1.807) is 0 Å². The Morgan fingerprint density at radius 2 is 2.00 bits per heavy atom. The molecular formula is C20H27N3O2. The van der Waals surface area contributed by atoms with Gasteiger partial charge in [-0.2, -0.15) is 0 Å². The number of urea groups is 1. The number of rotatable bonds is 5. The molecule has 25 heavy (non-hydrogen) atoms. The third-order valence-corrected chi connectivity index (χ3v) is 4.77. The monoisotopic (exact) mass is 341 g/mol. The van der Waals surface area contributed by atoms with E-state index in [-0.39, 0.29) is 12.1 Å². The van der Waals surface area contributed by atoms with Crippen molar-refractivity contribution >= 4 is 11.7 Å². The highest BCUT2D eigenvalue weighted by Gasteiger charge is 2.31. The van der Waals surface area contributed by atoms with E-state index in [0.29, 0.717) is 12.4 Å². The molecule has 5 nitrogen and oxygen atoms in total. The van der Waals surface area contributed by atoms with Crippen LogP contribution in [0.4, 0.5) is 10.5 Å². The molecule has 2 aromatic rings. The molecule has 0 bridgehead atoms. The van der Waals surface area contributed by atoms with Gasteiger partial charge in [-0.25, -0.2) is 4.79 Å². The van der Waals surface area contributed by atoms with Gasteiger partial charge < -0.3 is 19.5 Å². The fourth-order valence-electron chi connectivity index (χ4n) is 3.57. The van der Waals surface area contributed by atoms with Crippen LogP contribution in [0.15, 0.2) is 36.4 Å². The summed E-state index contributed by atoms with van der Waals surface area (Å²) in [4.78, 5) is 14.9. The fraction of sp³-hybridized carbons (Fsp3) is 0.450. The normalized spacial score (nSPS) is 16.4. The van der Waals surface area contributed by atoms with Crippen LogP contribution in [0.5, 0.6) is 5.75 Å². The first kappa shape index (κ1) is 17.4. The van der Waals surface area contributed by atoms with Crippen LogP contribution in [0.25, 0.3) is 0 Å². The summed E-state index contributed by atoms with van der Waals surface area (Å²) < 4.78 is 7.95. The molecule has 5 heteroatoms. The van der Waals surface area contributed by atoms with Crippen LogP contribution < -0.4 is 10.1 Å². The van der Waals surface area contributed by atoms with Crippen molar-refractivity contribution < 1.29 is 9.53 Å². The number of ether oxygens (including phenoxy) is 1. The summed E-state index contributed by atoms with van der Waals surface area (Å²) in [5.74, 6) is 0.710. The quantitative estimate of drug-likeness (QED) is 0.865. The van der Waals surface area contributed by atoms with E-state index in [1.807, 2.05) is 36.1 Å². The Balaban J connectivity index is 1.82. The first-order valence-electron chi connectivity index (χ1n) is 9.11. The topological polar surface area (TPSA) is 46.5 Å². The highest BCUT2D eigenvalue weighted by Crippen LogP contribution is 2.32. The number of fused-ring (bicyclic) bond motifs is 1. The molecule has 2 amide bonds. The van der Waals surface area contributed by atoms with E-state index in [2.05, 4.69) is 35.9 Å². The summed E-state index contributed by atoms with van der Waals surface area (Å²) in [5, 5.41) is 3.04. The molecule has 0 saturated carbocycles. The number of hydrogen-bond donors (Lipinski definition) is 1. The summed E-state index contributed by atoms with van der Waals surface area (Å²) in [5.41, 5.74) is 3.22. The van der Waals surface area contributed by atoms with E-state index in [0.717, 1.165) is 31.6 Å². The number of aryl methyl sites for hydroxylation is 1. The van der Waals surface area contributed by atoms with Gasteiger partial charge in [-0.3, -0.25) is 0 Å². The van der Waals surface area contributed by atoms with Crippen molar-refractivity contribution in [1.29, 1.82) is 0 Å². The second-order valence-electron chi connectivity index (χ2n) is 6.41. The average Bonchev–Trinajstić information content (AvgIpc) is 2.99. The highest BCUT2D eigenvalue weighted by molar-refractivity contribution is 5.91. The summed E-state index contributed by atoms with van der Waals surface area (Å²) in [6.07, 6.45) is 2.00. The number of anilines is 1. The number of carbonyl (C=O) groups is 1. The minimum absolute atomic E-state index is 0.0595. The fourth-order valence-corrected chi connectivity index (χ4v) is 3.57. The predicted molar refractivity (Wildman–Crippen MR) is 100 cm³/mol. The van der Waals surface area contributed by atoms with Crippen LogP contribution in [0.2, 0.25) is 0 Å². The number of nitrogens with zero attached hydrogens (tertiary/aromatic N) is 2. The molecule has 0 spiro atoms. The maximum absolute atomic E-state index is 13.0. The second kappa shape index (κ2) is 7.64. The minimum atomic E-state index is -0.0595. The molecule has 0 radical (unpaired) electrons. The number of benzene rings is 1. The van der Waals surface area contributed by atoms with Gasteiger partial charge in [0.15, 0.2) is 0 Å². The van der Waals surface area contributed by atoms with Gasteiger partial charge in [-0.1, -0.05) is 25.5 Å². The molecule has 1 aromatic carbocycles. The van der Waals surface area contributed by atoms with Crippen LogP contribution in [-0.4, -0.2) is 28.6 Å². The maximum Gasteiger partial charge on any atom is 0.322 e. The Morgan fingerprint density at radius 1 is 1.20 bits per heavy atom. The molecule has 1 N–H and O–H groups in total. The molecule has 1 aliphatic heterocycles. The first-order chi connectivity index (χ1) is 12.2. The van der Waals surface area contributed by atoms with Crippen LogP contribution >= 0.6 is 0 Å². The van der Waals surface area contributed by atoms with Gasteiger partial charge in [0, 0.05) is 24.5 Å². The lowest BCUT2D eigenvalue weighted by molar-refractivity contribution is 0.162. The van der Waals surface area contributed by atoms with Crippen LogP contribution in [-0.2, 0) is 6.54 Å². The maximum atomic E-state index is 13.0. The zero-order valence-electron chi connectivity index (χ0n) is 15.3. The van der Waals surface area contributed by atoms with Crippen molar-refractivity contribution in [1.82, 2.24) is 9.47 Å². The third kappa shape index (κ3) is 3.50. The standard InChI is InChI=1S/C20H27N3O2/c1-4-8-17-18-12-11-15(3)22(18)13-14-23(17)20(24)21-16-9-6-7-10-19(16)25-5-2/h6-7,9-12,17H,4-5,8,13-14H2,1-3H3,(H,21,24)/t17-/m1/s1. The summed E-state index contributed by atoms with van der Waals surface area (Å²) in [6, 6.07) is 11.9. The number of amides is 2. The summed E-state index contributed by atoms with van der Waals surface area (Å²) in [6.45, 7) is 8.36. The lowest BCUT2D eigenvalue weighted by Crippen LogP contribution is -2.44. The molecule has 1 aliphatic rings. The predicted octanol–water partition coefficient (Wildman–Crippen LogP) is 4.58. The number of hydrogen-bond acceptors (Lipinski definition) is 2. The summed E-state index contributed by atoms with van der Waals surface area (Å²) in [7, 11) is 0. The molecule has 0 unspecified atom stereocenters. The van der Waals surface area contributed by atoms with Crippen molar-refractivity contribution in [3.05, 3.63) is 47.8 Å². The number of carbonyl (C=O) groups excluding carboxylic acids is 1. The largest absolute Gasteiger partial charge is 0.492 e. The third-order valence-electron chi connectivity index (χ3n) is 4.77. The minimum Gasteiger partial charge on any atom is -0.492 e. The van der Waals surface area contributed by atoms with E-state index in [1.165, 1.54) is 11.4 Å². The van der Waals surface area contributed by atoms with E-state index in [9.17, 15) is 4.79 Å². The van der Waals surface area contributed by atoms with Crippen molar-refractivity contribution in [3.63, 3.8) is 0 Å². The first-order valence-corrected chi connectivity index (χ1v) is 9.11. The van der Waals surface area contributed by atoms with Crippen molar-refractivity contribution in [2.75, 3.05) is 18.5 Å². The van der Waals surface area contributed by atoms with Gasteiger partial charge in [0.05, 0.1) is 18.3 Å². The Hall–Kier alpha value is -2.43. The molecule has 3 rings (SSSR count). The number of aromatic nitrogens is 1. The molecule has 1 aromatic heterocycles. The Kier molecular flexibility index (Phi) is 5.31. The zero-order valence-corrected chi connectivity index (χ0v) is 15.3. The van der Waals surface area contributed by atoms with Gasteiger partial charge in [0.1, 0.15) is 5.75 Å². The molecule has 0 fully saturated rings. The van der Waals surface area contributed by atoms with Crippen molar-refractivity contribution in [2.24, 2.45) is 0 Å². The van der Waals surface area contributed by atoms with E-state index < -0.39 is 0 Å². The molecule has 0 aliphatic carbocycles.